The van der Waals surface area contributed by atoms with Gasteiger partial charge in [0, 0.05) is 0 Å². The van der Waals surface area contributed by atoms with Crippen molar-refractivity contribution in [2.24, 2.45) is 10.6 Å². The van der Waals surface area contributed by atoms with E-state index >= 15 is 0 Å². The van der Waals surface area contributed by atoms with Gasteiger partial charge in [0.05, 0.1) is 11.5 Å². The summed E-state index contributed by atoms with van der Waals surface area (Å²) in [7, 11) is -3.65. The molecular weight excluding hydrogens is 250 g/mol. The van der Waals surface area contributed by atoms with E-state index in [1.54, 1.807) is 19.1 Å². The number of aryl methyl sites for hydroxylation is 1. The number of hydrogen-bond donors (Lipinski definition) is 1. The van der Waals surface area contributed by atoms with Crippen LogP contribution in [-0.2, 0) is 10.0 Å². The number of sulfonamides is 1. The van der Waals surface area contributed by atoms with E-state index in [2.05, 4.69) is 20.8 Å². The predicted octanol–water partition coefficient (Wildman–Crippen LogP) is 2.46. The summed E-state index contributed by atoms with van der Waals surface area (Å²) < 4.78 is 28.1. The molecule has 0 aliphatic carbocycles. The Labute approximate surface area is 109 Å². The molecule has 0 spiro atoms. The van der Waals surface area contributed by atoms with E-state index in [1.165, 1.54) is 6.07 Å². The first-order valence-corrected chi connectivity index (χ1v) is 7.40. The minimum Gasteiger partial charge on any atom is -0.494 e. The molecule has 4 nitrogen and oxygen atoms in total. The number of benzene rings is 1. The summed E-state index contributed by atoms with van der Waals surface area (Å²) in [6.07, 6.45) is 0.934. The molecule has 0 radical (unpaired) electrons. The molecule has 0 atom stereocenters. The predicted molar refractivity (Wildman–Crippen MR) is 72.1 cm³/mol. The lowest BCUT2D eigenvalue weighted by molar-refractivity contribution is 0.243. The molecule has 1 rings (SSSR count). The Bertz CT molecular complexity index is 516. The van der Waals surface area contributed by atoms with Crippen molar-refractivity contribution in [3.05, 3.63) is 23.8 Å². The first-order valence-electron chi connectivity index (χ1n) is 5.86. The summed E-state index contributed by atoms with van der Waals surface area (Å²) in [5.74, 6) is 0.671. The fourth-order valence-electron chi connectivity index (χ4n) is 1.51. The Morgan fingerprint density at radius 2 is 1.89 bits per heavy atom. The molecule has 1 aromatic carbocycles. The summed E-state index contributed by atoms with van der Waals surface area (Å²) in [6.45, 7) is 8.75. The van der Waals surface area contributed by atoms with Crippen molar-refractivity contribution in [1.82, 2.24) is 0 Å². The lowest BCUT2D eigenvalue weighted by Gasteiger charge is -2.18. The third-order valence-electron chi connectivity index (χ3n) is 2.57. The van der Waals surface area contributed by atoms with Crippen LogP contribution < -0.4 is 9.88 Å². The minimum atomic E-state index is -3.65. The van der Waals surface area contributed by atoms with Gasteiger partial charge < -0.3 is 4.74 Å². The van der Waals surface area contributed by atoms with E-state index in [9.17, 15) is 8.42 Å². The van der Waals surface area contributed by atoms with Crippen LogP contribution in [0.25, 0.3) is 0 Å². The van der Waals surface area contributed by atoms with E-state index in [0.29, 0.717) is 17.9 Å². The number of primary sulfonamides is 1. The zero-order valence-electron chi connectivity index (χ0n) is 11.4. The first-order chi connectivity index (χ1) is 8.09. The van der Waals surface area contributed by atoms with Crippen LogP contribution in [0.4, 0.5) is 0 Å². The summed E-state index contributed by atoms with van der Waals surface area (Å²) in [6, 6.07) is 4.81. The lowest BCUT2D eigenvalue weighted by atomic mass is 9.93. The van der Waals surface area contributed by atoms with Crippen LogP contribution in [-0.4, -0.2) is 15.0 Å². The van der Waals surface area contributed by atoms with Crippen molar-refractivity contribution in [3.63, 3.8) is 0 Å². The average Bonchev–Trinajstić information content (AvgIpc) is 2.13. The summed E-state index contributed by atoms with van der Waals surface area (Å²) in [5, 5.41) is 5.10. The summed E-state index contributed by atoms with van der Waals surface area (Å²) >= 11 is 0. The van der Waals surface area contributed by atoms with Crippen LogP contribution in [0.15, 0.2) is 23.1 Å². The molecular formula is C13H21NO3S. The van der Waals surface area contributed by atoms with Gasteiger partial charge in [-0.15, -0.1) is 0 Å². The van der Waals surface area contributed by atoms with E-state index in [4.69, 9.17) is 9.88 Å². The normalized spacial score (nSPS) is 12.5. The topological polar surface area (TPSA) is 69.4 Å². The molecule has 0 unspecified atom stereocenters. The van der Waals surface area contributed by atoms with E-state index < -0.39 is 10.0 Å². The molecule has 1 aromatic rings. The van der Waals surface area contributed by atoms with Gasteiger partial charge >= 0.3 is 0 Å². The molecule has 0 amide bonds. The maximum atomic E-state index is 11.2. The van der Waals surface area contributed by atoms with Crippen LogP contribution >= 0.6 is 0 Å². The van der Waals surface area contributed by atoms with Gasteiger partial charge in [-0.2, -0.15) is 0 Å². The molecule has 0 bridgehead atoms. The maximum absolute atomic E-state index is 11.2. The second-order valence-electron chi connectivity index (χ2n) is 5.63. The first kappa shape index (κ1) is 15.0. The van der Waals surface area contributed by atoms with Gasteiger partial charge in [0.2, 0.25) is 10.0 Å². The van der Waals surface area contributed by atoms with Crippen LogP contribution in [0.2, 0.25) is 0 Å². The quantitative estimate of drug-likeness (QED) is 0.914. The number of hydrogen-bond acceptors (Lipinski definition) is 3. The van der Waals surface area contributed by atoms with Crippen molar-refractivity contribution in [3.8, 4) is 5.75 Å². The van der Waals surface area contributed by atoms with Gasteiger partial charge in [-0.3, -0.25) is 0 Å². The maximum Gasteiger partial charge on any atom is 0.238 e. The van der Waals surface area contributed by atoms with Crippen molar-refractivity contribution in [2.45, 2.75) is 39.0 Å². The van der Waals surface area contributed by atoms with Gasteiger partial charge in [-0.05, 0) is 42.5 Å². The molecule has 0 aliphatic heterocycles. The zero-order chi connectivity index (χ0) is 14.0. The van der Waals surface area contributed by atoms with E-state index in [1.807, 2.05) is 0 Å². The minimum absolute atomic E-state index is 0.144. The second kappa shape index (κ2) is 5.28. The smallest absolute Gasteiger partial charge is 0.238 e. The molecule has 0 saturated carbocycles. The molecule has 102 valence electrons. The zero-order valence-corrected chi connectivity index (χ0v) is 12.2. The molecule has 0 heterocycles. The fraction of sp³-hybridized carbons (Fsp3) is 0.538. The van der Waals surface area contributed by atoms with Crippen molar-refractivity contribution in [1.29, 1.82) is 0 Å². The number of rotatable bonds is 4. The van der Waals surface area contributed by atoms with Crippen molar-refractivity contribution in [2.75, 3.05) is 6.61 Å². The second-order valence-corrected chi connectivity index (χ2v) is 7.16. The Balaban J connectivity index is 2.74. The van der Waals surface area contributed by atoms with Crippen LogP contribution in [0.1, 0.15) is 32.8 Å². The average molecular weight is 271 g/mol. The SMILES string of the molecule is Cc1cc(OCCC(C)(C)C)ccc1S(N)(=O)=O. The van der Waals surface area contributed by atoms with Crippen LogP contribution in [0, 0.1) is 12.3 Å². The summed E-state index contributed by atoms with van der Waals surface area (Å²) in [5.41, 5.74) is 0.820. The number of ether oxygens (including phenoxy) is 1. The standard InChI is InChI=1S/C13H21NO3S/c1-10-9-11(17-8-7-13(2,3)4)5-6-12(10)18(14,15)16/h5-6,9H,7-8H2,1-4H3,(H2,14,15,16). The summed E-state index contributed by atoms with van der Waals surface area (Å²) in [4.78, 5) is 0.144. The highest BCUT2D eigenvalue weighted by atomic mass is 32.2. The van der Waals surface area contributed by atoms with Crippen LogP contribution in [0.5, 0.6) is 5.75 Å². The highest BCUT2D eigenvalue weighted by molar-refractivity contribution is 7.89. The van der Waals surface area contributed by atoms with Crippen molar-refractivity contribution < 1.29 is 13.2 Å². The highest BCUT2D eigenvalue weighted by Gasteiger charge is 2.13. The molecule has 0 fully saturated rings. The molecule has 18 heavy (non-hydrogen) atoms. The molecule has 5 heteroatoms. The Kier molecular flexibility index (Phi) is 4.40. The van der Waals surface area contributed by atoms with Gasteiger partial charge in [0.15, 0.2) is 0 Å². The fourth-order valence-corrected chi connectivity index (χ4v) is 2.27. The number of nitrogens with two attached hydrogens (primary N) is 1. The Morgan fingerprint density at radius 3 is 2.33 bits per heavy atom. The molecule has 0 aromatic heterocycles. The van der Waals surface area contributed by atoms with Gasteiger partial charge in [-0.1, -0.05) is 20.8 Å². The highest BCUT2D eigenvalue weighted by Crippen LogP contribution is 2.22. The Morgan fingerprint density at radius 1 is 1.28 bits per heavy atom. The van der Waals surface area contributed by atoms with Gasteiger partial charge in [0.25, 0.3) is 0 Å². The van der Waals surface area contributed by atoms with E-state index in [-0.39, 0.29) is 10.3 Å². The third-order valence-corrected chi connectivity index (χ3v) is 3.64. The molecule has 0 saturated heterocycles. The Hall–Kier alpha value is -1.07. The van der Waals surface area contributed by atoms with Gasteiger partial charge in [-0.25, -0.2) is 13.6 Å². The molecule has 2 N–H and O–H groups in total. The lowest BCUT2D eigenvalue weighted by Crippen LogP contribution is -2.14. The third kappa shape index (κ3) is 4.66. The monoisotopic (exact) mass is 271 g/mol. The molecule has 0 aliphatic rings. The van der Waals surface area contributed by atoms with Gasteiger partial charge in [0.1, 0.15) is 5.75 Å². The van der Waals surface area contributed by atoms with Crippen LogP contribution in [0.3, 0.4) is 0 Å². The largest absolute Gasteiger partial charge is 0.494 e. The van der Waals surface area contributed by atoms with E-state index in [0.717, 1.165) is 6.42 Å². The van der Waals surface area contributed by atoms with Crippen molar-refractivity contribution >= 4 is 10.0 Å².